The molecular formula is C19H22BrF5N6O4S2. The lowest BCUT2D eigenvalue weighted by atomic mass is 10.2. The Morgan fingerprint density at radius 3 is 2.54 bits per heavy atom. The zero-order valence-electron chi connectivity index (χ0n) is 19.5. The van der Waals surface area contributed by atoms with Crippen molar-refractivity contribution < 1.29 is 40.0 Å². The summed E-state index contributed by atoms with van der Waals surface area (Å²) in [5.74, 6) is -8.23. The first-order chi connectivity index (χ1) is 16.7. The van der Waals surface area contributed by atoms with Crippen molar-refractivity contribution in [3.05, 3.63) is 29.6 Å². The summed E-state index contributed by atoms with van der Waals surface area (Å²) >= 11 is 1.48. The van der Waals surface area contributed by atoms with Crippen molar-refractivity contribution in [2.75, 3.05) is 29.4 Å². The molecule has 1 aromatic heterocycles. The molecule has 0 fully saturated rings. The molecule has 37 heavy (non-hydrogen) atoms. The molecule has 0 radical (unpaired) electrons. The van der Waals surface area contributed by atoms with E-state index in [1.165, 1.54) is 31.7 Å². The highest BCUT2D eigenvalue weighted by atomic mass is 79.9. The van der Waals surface area contributed by atoms with Crippen LogP contribution in [-0.2, 0) is 14.7 Å². The SMILES string of the molecule is Br.CCS(=O)(=O)c1cc(C(=O)NOCCSC)cnc1N1NC2=NC(C(F)(F)C(F)(F)F)=NC2=CC1C. The highest BCUT2D eigenvalue weighted by Crippen LogP contribution is 2.39. The Labute approximate surface area is 223 Å². The quantitative estimate of drug-likeness (QED) is 0.241. The lowest BCUT2D eigenvalue weighted by molar-refractivity contribution is -0.249. The molecule has 1 amide bonds. The van der Waals surface area contributed by atoms with E-state index in [2.05, 4.69) is 25.9 Å². The number of aliphatic imine (C=N–C) groups is 2. The topological polar surface area (TPSA) is 125 Å². The van der Waals surface area contributed by atoms with E-state index in [1.807, 2.05) is 6.26 Å². The van der Waals surface area contributed by atoms with Crippen LogP contribution in [0.15, 0.2) is 38.9 Å². The monoisotopic (exact) mass is 636 g/mol. The average molecular weight is 637 g/mol. The third-order valence-electron chi connectivity index (χ3n) is 4.95. The number of thioether (sulfide) groups is 1. The predicted molar refractivity (Wildman–Crippen MR) is 133 cm³/mol. The third kappa shape index (κ3) is 6.40. The van der Waals surface area contributed by atoms with Crippen LogP contribution >= 0.6 is 28.7 Å². The van der Waals surface area contributed by atoms with Crippen molar-refractivity contribution in [1.29, 1.82) is 0 Å². The number of rotatable bonds is 9. The molecule has 10 nitrogen and oxygen atoms in total. The minimum absolute atomic E-state index is 0. The van der Waals surface area contributed by atoms with Crippen LogP contribution in [0, 0.1) is 0 Å². The molecule has 2 aliphatic heterocycles. The molecule has 0 bridgehead atoms. The van der Waals surface area contributed by atoms with Crippen molar-refractivity contribution >= 4 is 62.0 Å². The summed E-state index contributed by atoms with van der Waals surface area (Å²) in [7, 11) is -3.99. The normalized spacial score (nSPS) is 17.7. The largest absolute Gasteiger partial charge is 0.461 e. The number of hydrogen-bond acceptors (Lipinski definition) is 10. The number of pyridine rings is 1. The molecule has 1 aromatic rings. The Morgan fingerprint density at radius 1 is 1.27 bits per heavy atom. The lowest BCUT2D eigenvalue weighted by Crippen LogP contribution is -2.51. The van der Waals surface area contributed by atoms with Gasteiger partial charge in [0.25, 0.3) is 5.91 Å². The number of hydroxylamine groups is 1. The molecule has 0 saturated heterocycles. The van der Waals surface area contributed by atoms with Crippen molar-refractivity contribution in [2.24, 2.45) is 9.98 Å². The summed E-state index contributed by atoms with van der Waals surface area (Å²) in [6.07, 6.45) is -1.77. The maximum Gasteiger partial charge on any atom is 0.461 e. The van der Waals surface area contributed by atoms with Crippen LogP contribution in [0.5, 0.6) is 0 Å². The fourth-order valence-corrected chi connectivity index (χ4v) is 4.31. The van der Waals surface area contributed by atoms with Gasteiger partial charge in [0.2, 0.25) is 5.84 Å². The van der Waals surface area contributed by atoms with E-state index in [0.717, 1.165) is 17.3 Å². The van der Waals surface area contributed by atoms with Gasteiger partial charge in [0.05, 0.1) is 24.0 Å². The number of amides is 1. The molecule has 2 aliphatic rings. The van der Waals surface area contributed by atoms with Gasteiger partial charge in [-0.2, -0.15) is 33.7 Å². The fraction of sp³-hybridized carbons (Fsp3) is 0.474. The van der Waals surface area contributed by atoms with Crippen LogP contribution in [0.1, 0.15) is 24.2 Å². The van der Waals surface area contributed by atoms with Gasteiger partial charge >= 0.3 is 12.1 Å². The number of carbonyl (C=O) groups is 1. The Hall–Kier alpha value is -2.31. The number of nitrogens with zero attached hydrogens (tertiary/aromatic N) is 4. The van der Waals surface area contributed by atoms with Gasteiger partial charge in [-0.1, -0.05) is 6.92 Å². The van der Waals surface area contributed by atoms with Crippen molar-refractivity contribution in [1.82, 2.24) is 15.9 Å². The van der Waals surface area contributed by atoms with Crippen LogP contribution in [0.25, 0.3) is 0 Å². The second-order valence-electron chi connectivity index (χ2n) is 7.46. The molecule has 206 valence electrons. The number of anilines is 1. The summed E-state index contributed by atoms with van der Waals surface area (Å²) in [6, 6.07) is 0.257. The van der Waals surface area contributed by atoms with Crippen molar-refractivity contribution in [2.45, 2.75) is 36.9 Å². The van der Waals surface area contributed by atoms with E-state index in [1.54, 1.807) is 0 Å². The zero-order chi connectivity index (χ0) is 26.9. The predicted octanol–water partition coefficient (Wildman–Crippen LogP) is 3.08. The smallest absolute Gasteiger partial charge is 0.278 e. The van der Waals surface area contributed by atoms with Gasteiger partial charge in [0.1, 0.15) is 10.6 Å². The Balaban J connectivity index is 0.00000481. The standard InChI is InChI=1S/C19H21F5N6O4S2.BrH/c1-4-36(32,33)13-8-11(16(31)29-34-5-6-35-3)9-25-15(13)30-10(2)7-12-14(28-30)27-17(26-12)18(20,21)19(22,23)24;/h7-10H,4-6H2,1-3H3,(H,29,31)(H,26,27,28);1H. The number of carbonyl (C=O) groups excluding carboxylic acids is 1. The lowest BCUT2D eigenvalue weighted by Gasteiger charge is -2.34. The van der Waals surface area contributed by atoms with Crippen molar-refractivity contribution in [3.63, 3.8) is 0 Å². The van der Waals surface area contributed by atoms with E-state index < -0.39 is 45.6 Å². The zero-order valence-corrected chi connectivity index (χ0v) is 22.8. The summed E-state index contributed by atoms with van der Waals surface area (Å²) in [5.41, 5.74) is 4.29. The summed E-state index contributed by atoms with van der Waals surface area (Å²) in [5, 5.41) is 1.12. The number of halogens is 6. The summed E-state index contributed by atoms with van der Waals surface area (Å²) in [6.45, 7) is 3.07. The number of fused-ring (bicyclic) bond motifs is 1. The first-order valence-corrected chi connectivity index (χ1v) is 13.3. The molecule has 0 spiro atoms. The van der Waals surface area contributed by atoms with Crippen LogP contribution in [0.2, 0.25) is 0 Å². The molecule has 0 saturated carbocycles. The molecule has 2 N–H and O–H groups in total. The maximum atomic E-state index is 13.7. The second kappa shape index (κ2) is 11.6. The van der Waals surface area contributed by atoms with Gasteiger partial charge in [-0.05, 0) is 25.3 Å². The maximum absolute atomic E-state index is 13.7. The first kappa shape index (κ1) is 30.9. The Morgan fingerprint density at radius 2 is 1.95 bits per heavy atom. The van der Waals surface area contributed by atoms with Crippen LogP contribution in [-0.4, -0.2) is 73.5 Å². The number of hydrogen-bond donors (Lipinski definition) is 2. The molecule has 1 unspecified atom stereocenters. The van der Waals surface area contributed by atoms with E-state index in [9.17, 15) is 35.2 Å². The van der Waals surface area contributed by atoms with E-state index in [0.29, 0.717) is 5.75 Å². The second-order valence-corrected chi connectivity index (χ2v) is 10.7. The number of amidine groups is 2. The fourth-order valence-electron chi connectivity index (χ4n) is 3.01. The number of alkyl halides is 5. The summed E-state index contributed by atoms with van der Waals surface area (Å²) < 4.78 is 91.4. The minimum atomic E-state index is -5.91. The van der Waals surface area contributed by atoms with Crippen LogP contribution in [0.4, 0.5) is 27.8 Å². The molecule has 3 heterocycles. The average Bonchev–Trinajstić information content (AvgIpc) is 3.23. The Kier molecular flexibility index (Phi) is 9.70. The van der Waals surface area contributed by atoms with Gasteiger partial charge in [-0.3, -0.25) is 20.1 Å². The highest BCUT2D eigenvalue weighted by molar-refractivity contribution is 8.93. The Bertz CT molecular complexity index is 1240. The van der Waals surface area contributed by atoms with Gasteiger partial charge in [-0.15, -0.1) is 17.0 Å². The highest BCUT2D eigenvalue weighted by Gasteiger charge is 2.62. The van der Waals surface area contributed by atoms with Gasteiger partial charge < -0.3 is 0 Å². The number of hydrazine groups is 1. The summed E-state index contributed by atoms with van der Waals surface area (Å²) in [4.78, 5) is 27.7. The molecule has 0 aliphatic carbocycles. The molecular weight excluding hydrogens is 615 g/mol. The van der Waals surface area contributed by atoms with Gasteiger partial charge in [-0.25, -0.2) is 28.9 Å². The number of aromatic nitrogens is 1. The number of sulfone groups is 1. The van der Waals surface area contributed by atoms with Gasteiger partial charge in [0, 0.05) is 11.9 Å². The molecule has 3 rings (SSSR count). The van der Waals surface area contributed by atoms with Gasteiger partial charge in [0.15, 0.2) is 21.5 Å². The number of nitrogens with one attached hydrogen (secondary N) is 2. The molecule has 18 heteroatoms. The molecule has 1 atom stereocenters. The third-order valence-corrected chi connectivity index (χ3v) is 7.25. The minimum Gasteiger partial charge on any atom is -0.278 e. The van der Waals surface area contributed by atoms with Crippen LogP contribution < -0.4 is 15.9 Å². The van der Waals surface area contributed by atoms with E-state index in [-0.39, 0.29) is 51.3 Å². The van der Waals surface area contributed by atoms with E-state index in [4.69, 9.17) is 4.84 Å². The van der Waals surface area contributed by atoms with E-state index >= 15 is 0 Å². The van der Waals surface area contributed by atoms with Crippen LogP contribution in [0.3, 0.4) is 0 Å². The first-order valence-electron chi connectivity index (χ1n) is 10.3. The van der Waals surface area contributed by atoms with Crippen molar-refractivity contribution in [3.8, 4) is 0 Å². The molecule has 0 aromatic carbocycles.